The van der Waals surface area contributed by atoms with Crippen molar-refractivity contribution in [2.24, 2.45) is 7.05 Å². The van der Waals surface area contributed by atoms with E-state index in [0.29, 0.717) is 0 Å². The third-order valence-corrected chi connectivity index (χ3v) is 7.78. The van der Waals surface area contributed by atoms with E-state index in [2.05, 4.69) is 77.9 Å². The minimum atomic E-state index is -0.401. The van der Waals surface area contributed by atoms with Crippen molar-refractivity contribution in [1.29, 1.82) is 0 Å². The Hall–Kier alpha value is -3.38. The fraction of sp³-hybridized carbons (Fsp3) is 0.333. The Labute approximate surface area is 196 Å². The maximum absolute atomic E-state index is 7.62. The number of rotatable bonds is 2. The molecule has 2 heterocycles. The van der Waals surface area contributed by atoms with Gasteiger partial charge in [-0.1, -0.05) is 24.3 Å². The number of pyridine rings is 1. The normalized spacial score (nSPS) is 14.5. The SMILES string of the molecule is [C-]#[N+]C(C)(C)Cc1cc2c3c([n+](C)ccc3c1)-c1c(c3c4c(cccc4c1C)CCC3)N2C. The van der Waals surface area contributed by atoms with Gasteiger partial charge in [-0.3, -0.25) is 0 Å². The van der Waals surface area contributed by atoms with Crippen LogP contribution in [0.1, 0.15) is 42.5 Å². The zero-order valence-electron chi connectivity index (χ0n) is 20.2. The number of anilines is 2. The fourth-order valence-corrected chi connectivity index (χ4v) is 6.29. The third kappa shape index (κ3) is 2.77. The highest BCUT2D eigenvalue weighted by Crippen LogP contribution is 2.52. The monoisotopic (exact) mass is 432 g/mol. The average Bonchev–Trinajstić information content (AvgIpc) is 2.80. The van der Waals surface area contributed by atoms with E-state index in [1.165, 1.54) is 79.3 Å². The third-order valence-electron chi connectivity index (χ3n) is 7.78. The molecule has 0 spiro atoms. The molecular weight excluding hydrogens is 402 g/mol. The molecule has 0 bridgehead atoms. The summed E-state index contributed by atoms with van der Waals surface area (Å²) in [7, 11) is 4.42. The summed E-state index contributed by atoms with van der Waals surface area (Å²) in [5.41, 5.74) is 10.6. The molecule has 0 atom stereocenters. The van der Waals surface area contributed by atoms with Crippen molar-refractivity contribution >= 4 is 32.9 Å². The van der Waals surface area contributed by atoms with E-state index < -0.39 is 5.54 Å². The number of hydrogen-bond acceptors (Lipinski definition) is 1. The van der Waals surface area contributed by atoms with Crippen LogP contribution >= 0.6 is 0 Å². The molecule has 1 aliphatic heterocycles. The van der Waals surface area contributed by atoms with Crippen LogP contribution in [0, 0.1) is 13.5 Å². The second-order valence-corrected chi connectivity index (χ2v) is 10.5. The summed E-state index contributed by atoms with van der Waals surface area (Å²) < 4.78 is 2.30. The largest absolute Gasteiger partial charge is 0.343 e. The van der Waals surface area contributed by atoms with Crippen LogP contribution in [-0.2, 0) is 26.3 Å². The lowest BCUT2D eigenvalue weighted by atomic mass is 9.80. The standard InChI is InChI=1S/C30H30N3/c1-18-22-11-7-9-20-10-8-12-23(26(20)22)28-25(18)29-27-21(13-14-32(29)5)15-19(16-24(27)33(28)6)17-30(2,3)31-4/h7,9,11,13-16H,8,10,12,17H2,1-3,5-6H3/q+1. The van der Waals surface area contributed by atoms with Gasteiger partial charge in [0.1, 0.15) is 7.05 Å². The Bertz CT molecular complexity index is 1530. The van der Waals surface area contributed by atoms with Gasteiger partial charge in [-0.15, -0.1) is 0 Å². The van der Waals surface area contributed by atoms with Crippen LogP contribution < -0.4 is 9.47 Å². The summed E-state index contributed by atoms with van der Waals surface area (Å²) in [6, 6.07) is 13.7. The molecule has 0 saturated heterocycles. The predicted molar refractivity (Wildman–Crippen MR) is 137 cm³/mol. The number of benzene rings is 3. The summed E-state index contributed by atoms with van der Waals surface area (Å²) in [4.78, 5) is 6.32. The second kappa shape index (κ2) is 6.81. The summed E-state index contributed by atoms with van der Waals surface area (Å²) in [5.74, 6) is 0. The summed E-state index contributed by atoms with van der Waals surface area (Å²) in [6.45, 7) is 14.0. The smallest absolute Gasteiger partial charge is 0.231 e. The predicted octanol–water partition coefficient (Wildman–Crippen LogP) is 6.60. The minimum absolute atomic E-state index is 0.401. The Morgan fingerprint density at radius 1 is 1.12 bits per heavy atom. The van der Waals surface area contributed by atoms with Crippen molar-refractivity contribution in [3.05, 3.63) is 76.3 Å². The van der Waals surface area contributed by atoms with Crippen LogP contribution in [0.3, 0.4) is 0 Å². The lowest BCUT2D eigenvalue weighted by molar-refractivity contribution is -0.659. The van der Waals surface area contributed by atoms with E-state index in [-0.39, 0.29) is 0 Å². The van der Waals surface area contributed by atoms with Crippen molar-refractivity contribution in [2.75, 3.05) is 11.9 Å². The minimum Gasteiger partial charge on any atom is -0.343 e. The molecule has 0 amide bonds. The van der Waals surface area contributed by atoms with Crippen molar-refractivity contribution in [2.45, 2.75) is 52.0 Å². The van der Waals surface area contributed by atoms with Gasteiger partial charge in [0.15, 0.2) is 6.20 Å². The highest BCUT2D eigenvalue weighted by Gasteiger charge is 2.35. The van der Waals surface area contributed by atoms with Crippen molar-refractivity contribution < 1.29 is 4.57 Å². The lowest BCUT2D eigenvalue weighted by Gasteiger charge is -2.34. The first-order valence-corrected chi connectivity index (χ1v) is 12.0. The first kappa shape index (κ1) is 20.2. The van der Waals surface area contributed by atoms with Gasteiger partial charge in [0, 0.05) is 27.0 Å². The molecule has 1 aliphatic carbocycles. The number of fused-ring (bicyclic) bond motifs is 3. The van der Waals surface area contributed by atoms with Gasteiger partial charge in [0.25, 0.3) is 0 Å². The molecule has 3 aromatic carbocycles. The van der Waals surface area contributed by atoms with Gasteiger partial charge in [0.2, 0.25) is 11.2 Å². The first-order valence-electron chi connectivity index (χ1n) is 12.0. The lowest BCUT2D eigenvalue weighted by Crippen LogP contribution is -2.34. The topological polar surface area (TPSA) is 11.5 Å². The molecule has 6 rings (SSSR count). The summed E-state index contributed by atoms with van der Waals surface area (Å²) in [6.07, 6.45) is 6.45. The van der Waals surface area contributed by atoms with Gasteiger partial charge in [-0.2, -0.15) is 0 Å². The molecule has 33 heavy (non-hydrogen) atoms. The highest BCUT2D eigenvalue weighted by atomic mass is 15.1. The van der Waals surface area contributed by atoms with Crippen LogP contribution in [0.4, 0.5) is 11.4 Å². The molecule has 0 unspecified atom stereocenters. The molecular formula is C30H30N3+. The van der Waals surface area contributed by atoms with Gasteiger partial charge in [-0.05, 0) is 70.7 Å². The van der Waals surface area contributed by atoms with E-state index in [4.69, 9.17) is 6.57 Å². The molecule has 3 nitrogen and oxygen atoms in total. The Kier molecular flexibility index (Phi) is 4.18. The van der Waals surface area contributed by atoms with Gasteiger partial charge in [0.05, 0.1) is 28.7 Å². The van der Waals surface area contributed by atoms with E-state index >= 15 is 0 Å². The fourth-order valence-electron chi connectivity index (χ4n) is 6.29. The number of aromatic nitrogens is 1. The Morgan fingerprint density at radius 3 is 2.73 bits per heavy atom. The van der Waals surface area contributed by atoms with E-state index in [9.17, 15) is 0 Å². The Balaban J connectivity index is 1.74. The van der Waals surface area contributed by atoms with Crippen LogP contribution in [-0.4, -0.2) is 12.6 Å². The average molecular weight is 433 g/mol. The van der Waals surface area contributed by atoms with Gasteiger partial charge >= 0.3 is 0 Å². The van der Waals surface area contributed by atoms with Crippen molar-refractivity contribution in [3.63, 3.8) is 0 Å². The van der Waals surface area contributed by atoms with E-state index in [0.717, 1.165) is 12.8 Å². The zero-order valence-corrected chi connectivity index (χ0v) is 20.2. The van der Waals surface area contributed by atoms with Crippen LogP contribution in [0.25, 0.3) is 37.6 Å². The number of hydrogen-bond donors (Lipinski definition) is 0. The van der Waals surface area contributed by atoms with Gasteiger partial charge < -0.3 is 9.74 Å². The van der Waals surface area contributed by atoms with Crippen LogP contribution in [0.5, 0.6) is 0 Å². The van der Waals surface area contributed by atoms with E-state index in [1.807, 2.05) is 13.8 Å². The van der Waals surface area contributed by atoms with Crippen molar-refractivity contribution in [3.8, 4) is 11.3 Å². The molecule has 2 aliphatic rings. The molecule has 164 valence electrons. The number of nitrogens with zero attached hydrogens (tertiary/aromatic N) is 3. The highest BCUT2D eigenvalue weighted by molar-refractivity contribution is 6.14. The molecule has 0 radical (unpaired) electrons. The molecule has 1 aromatic heterocycles. The van der Waals surface area contributed by atoms with Gasteiger partial charge in [-0.25, -0.2) is 11.1 Å². The van der Waals surface area contributed by atoms with Crippen molar-refractivity contribution in [1.82, 2.24) is 0 Å². The maximum atomic E-state index is 7.62. The Morgan fingerprint density at radius 2 is 1.94 bits per heavy atom. The maximum Gasteiger partial charge on any atom is 0.231 e. The molecule has 0 N–H and O–H groups in total. The van der Waals surface area contributed by atoms with Crippen LogP contribution in [0.15, 0.2) is 42.6 Å². The quantitative estimate of drug-likeness (QED) is 0.256. The summed E-state index contributed by atoms with van der Waals surface area (Å²) in [5, 5.41) is 5.47. The summed E-state index contributed by atoms with van der Waals surface area (Å²) >= 11 is 0. The second-order valence-electron chi connectivity index (χ2n) is 10.5. The molecule has 0 saturated carbocycles. The molecule has 0 fully saturated rings. The van der Waals surface area contributed by atoms with E-state index in [1.54, 1.807) is 0 Å². The zero-order chi connectivity index (χ0) is 23.1. The molecule has 3 heteroatoms. The molecule has 4 aromatic rings. The first-order chi connectivity index (χ1) is 15.8. The number of aryl methyl sites for hydroxylation is 4. The van der Waals surface area contributed by atoms with Crippen LogP contribution in [0.2, 0.25) is 0 Å².